The summed E-state index contributed by atoms with van der Waals surface area (Å²) in [5, 5.41) is 24.3. The molecule has 12 heteroatoms. The molecule has 0 fully saturated rings. The first-order valence-corrected chi connectivity index (χ1v) is 11.1. The van der Waals surface area contributed by atoms with Crippen LogP contribution in [0, 0.1) is 11.3 Å². The molecular weight excluding hydrogens is 490 g/mol. The van der Waals surface area contributed by atoms with Crippen molar-refractivity contribution in [2.24, 2.45) is 5.73 Å². The lowest BCUT2D eigenvalue weighted by Gasteiger charge is -2.15. The van der Waals surface area contributed by atoms with E-state index >= 15 is 0 Å². The number of hydrogen-bond donors (Lipinski definition) is 5. The van der Waals surface area contributed by atoms with Gasteiger partial charge in [-0.25, -0.2) is 9.59 Å². The summed E-state index contributed by atoms with van der Waals surface area (Å²) < 4.78 is 11.6. The van der Waals surface area contributed by atoms with E-state index in [0.717, 1.165) is 5.56 Å². The van der Waals surface area contributed by atoms with Crippen molar-refractivity contribution in [3.8, 4) is 29.5 Å². The van der Waals surface area contributed by atoms with Gasteiger partial charge in [0.05, 0.1) is 11.6 Å². The number of urea groups is 1. The summed E-state index contributed by atoms with van der Waals surface area (Å²) in [6.45, 7) is 0.350. The van der Waals surface area contributed by atoms with Crippen molar-refractivity contribution in [2.45, 2.75) is 6.54 Å². The molecule has 0 unspecified atom stereocenters. The highest BCUT2D eigenvalue weighted by molar-refractivity contribution is 5.91. The van der Waals surface area contributed by atoms with Crippen molar-refractivity contribution in [3.05, 3.63) is 89.5 Å². The molecule has 0 aliphatic heterocycles. The minimum absolute atomic E-state index is 0.0470. The fraction of sp³-hybridized carbons (Fsp3) is 0.0385. The molecule has 0 spiro atoms. The van der Waals surface area contributed by atoms with Gasteiger partial charge < -0.3 is 36.7 Å². The number of carbonyl (C=O) groups excluding carboxylic acids is 1. The summed E-state index contributed by atoms with van der Waals surface area (Å²) in [6, 6.07) is 20.6. The molecule has 4 aromatic rings. The van der Waals surface area contributed by atoms with Crippen LogP contribution in [0.5, 0.6) is 23.4 Å². The number of carboxylic acid groups (broad SMARTS) is 1. The second-order valence-corrected chi connectivity index (χ2v) is 7.76. The Balaban J connectivity index is 1.72. The van der Waals surface area contributed by atoms with E-state index in [2.05, 4.69) is 20.6 Å². The molecule has 190 valence electrons. The van der Waals surface area contributed by atoms with Gasteiger partial charge in [-0.15, -0.1) is 0 Å². The summed E-state index contributed by atoms with van der Waals surface area (Å²) in [6.07, 6.45) is 0. The topological polar surface area (TPSA) is 198 Å². The molecule has 1 aromatic heterocycles. The number of carbonyl (C=O) groups is 2. The Hall–Kier alpha value is -5.83. The third-order valence-corrected chi connectivity index (χ3v) is 5.05. The van der Waals surface area contributed by atoms with E-state index in [4.69, 9.17) is 20.9 Å². The third-order valence-electron chi connectivity index (χ3n) is 5.05. The van der Waals surface area contributed by atoms with Gasteiger partial charge in [0.25, 0.3) is 5.88 Å². The molecular formula is C26H21N7O5. The predicted octanol–water partition coefficient (Wildman–Crippen LogP) is 4.32. The number of aromatic carboxylic acids is 1. The van der Waals surface area contributed by atoms with Crippen LogP contribution in [0.3, 0.4) is 0 Å². The predicted molar refractivity (Wildman–Crippen MR) is 138 cm³/mol. The lowest BCUT2D eigenvalue weighted by atomic mass is 10.1. The molecule has 0 saturated carbocycles. The molecule has 4 rings (SSSR count). The molecule has 3 aromatic carbocycles. The van der Waals surface area contributed by atoms with Gasteiger partial charge in [0.1, 0.15) is 22.7 Å². The number of amides is 2. The first-order valence-electron chi connectivity index (χ1n) is 11.1. The Kier molecular flexibility index (Phi) is 7.50. The number of nitrogen functional groups attached to an aromatic ring is 1. The average Bonchev–Trinajstić information content (AvgIpc) is 2.90. The first-order chi connectivity index (χ1) is 18.3. The third kappa shape index (κ3) is 6.23. The minimum atomic E-state index is -1.27. The summed E-state index contributed by atoms with van der Waals surface area (Å²) in [5.41, 5.74) is 12.8. The molecule has 0 radical (unpaired) electrons. The summed E-state index contributed by atoms with van der Waals surface area (Å²) >= 11 is 0. The molecule has 0 aliphatic carbocycles. The zero-order valence-electron chi connectivity index (χ0n) is 19.7. The maximum Gasteiger partial charge on any atom is 0.339 e. The van der Waals surface area contributed by atoms with Crippen LogP contribution in [0.15, 0.2) is 72.8 Å². The minimum Gasteiger partial charge on any atom is -0.478 e. The number of nitrogens with two attached hydrogens (primary N) is 2. The monoisotopic (exact) mass is 511 g/mol. The van der Waals surface area contributed by atoms with Gasteiger partial charge in [-0.1, -0.05) is 36.4 Å². The summed E-state index contributed by atoms with van der Waals surface area (Å²) in [7, 11) is 0. The molecule has 2 amide bonds. The summed E-state index contributed by atoms with van der Waals surface area (Å²) in [4.78, 5) is 31.4. The number of anilines is 3. The van der Waals surface area contributed by atoms with Crippen LogP contribution in [0.4, 0.5) is 22.0 Å². The Morgan fingerprint density at radius 1 is 1.00 bits per heavy atom. The zero-order valence-corrected chi connectivity index (χ0v) is 19.7. The van der Waals surface area contributed by atoms with Crippen LogP contribution in [-0.2, 0) is 6.54 Å². The lowest BCUT2D eigenvalue weighted by molar-refractivity contribution is 0.0694. The number of hydrogen-bond acceptors (Lipinski definition) is 9. The molecule has 7 N–H and O–H groups in total. The Morgan fingerprint density at radius 2 is 1.79 bits per heavy atom. The van der Waals surface area contributed by atoms with Crippen molar-refractivity contribution in [1.82, 2.24) is 9.97 Å². The number of aromatic nitrogens is 2. The van der Waals surface area contributed by atoms with E-state index in [1.807, 2.05) is 36.4 Å². The number of benzene rings is 3. The number of primary amides is 1. The van der Waals surface area contributed by atoms with E-state index in [9.17, 15) is 20.0 Å². The van der Waals surface area contributed by atoms with Gasteiger partial charge in [-0.05, 0) is 35.9 Å². The second-order valence-electron chi connectivity index (χ2n) is 7.76. The van der Waals surface area contributed by atoms with Crippen LogP contribution >= 0.6 is 0 Å². The van der Waals surface area contributed by atoms with Crippen LogP contribution < -0.4 is 31.6 Å². The van der Waals surface area contributed by atoms with E-state index in [1.54, 1.807) is 18.2 Å². The largest absolute Gasteiger partial charge is 0.478 e. The Labute approximate surface area is 216 Å². The number of nitriles is 1. The highest BCUT2D eigenvalue weighted by Crippen LogP contribution is 2.35. The fourth-order valence-electron chi connectivity index (χ4n) is 3.31. The highest BCUT2D eigenvalue weighted by Gasteiger charge is 2.19. The number of ether oxygens (including phenoxy) is 2. The average molecular weight is 511 g/mol. The zero-order chi connectivity index (χ0) is 27.1. The van der Waals surface area contributed by atoms with Crippen LogP contribution in [0.2, 0.25) is 0 Å². The van der Waals surface area contributed by atoms with Crippen LogP contribution in [0.1, 0.15) is 21.5 Å². The van der Waals surface area contributed by atoms with Gasteiger partial charge in [0, 0.05) is 18.3 Å². The van der Waals surface area contributed by atoms with Crippen molar-refractivity contribution >= 4 is 29.2 Å². The molecule has 12 nitrogen and oxygen atoms in total. The van der Waals surface area contributed by atoms with Gasteiger partial charge in [-0.2, -0.15) is 15.2 Å². The van der Waals surface area contributed by atoms with Gasteiger partial charge in [0.2, 0.25) is 0 Å². The van der Waals surface area contributed by atoms with Crippen molar-refractivity contribution in [1.29, 1.82) is 5.26 Å². The van der Waals surface area contributed by atoms with Gasteiger partial charge >= 0.3 is 18.0 Å². The first kappa shape index (κ1) is 25.3. The number of nitrogens with one attached hydrogen (secondary N) is 2. The fourth-order valence-corrected chi connectivity index (χ4v) is 3.31. The van der Waals surface area contributed by atoms with Crippen molar-refractivity contribution < 1.29 is 24.2 Å². The van der Waals surface area contributed by atoms with Crippen LogP contribution in [0.25, 0.3) is 0 Å². The SMILES string of the molecule is N#Cc1ccc(C(=O)O)c(Oc2nc(NCc3ccccc3)c(N)c(Oc3cccc(NC(N)=O)c3)n2)c1. The summed E-state index contributed by atoms with van der Waals surface area (Å²) in [5.74, 6) is -1.09. The molecule has 0 atom stereocenters. The lowest BCUT2D eigenvalue weighted by Crippen LogP contribution is -2.19. The van der Waals surface area contributed by atoms with Crippen molar-refractivity contribution in [3.63, 3.8) is 0 Å². The molecule has 0 bridgehead atoms. The Bertz CT molecular complexity index is 1540. The molecule has 0 aliphatic rings. The number of rotatable bonds is 9. The maximum atomic E-state index is 11.7. The van der Waals surface area contributed by atoms with E-state index < -0.39 is 12.0 Å². The normalized spacial score (nSPS) is 10.2. The smallest absolute Gasteiger partial charge is 0.339 e. The van der Waals surface area contributed by atoms with Crippen molar-refractivity contribution in [2.75, 3.05) is 16.4 Å². The van der Waals surface area contributed by atoms with Gasteiger partial charge in [-0.3, -0.25) is 0 Å². The quantitative estimate of drug-likeness (QED) is 0.216. The molecule has 38 heavy (non-hydrogen) atoms. The maximum absolute atomic E-state index is 11.7. The number of nitrogens with zero attached hydrogens (tertiary/aromatic N) is 3. The molecule has 0 saturated heterocycles. The molecule has 1 heterocycles. The second kappa shape index (κ2) is 11.3. The Morgan fingerprint density at radius 3 is 2.50 bits per heavy atom. The van der Waals surface area contributed by atoms with E-state index in [0.29, 0.717) is 12.2 Å². The van der Waals surface area contributed by atoms with E-state index in [1.165, 1.54) is 24.3 Å². The van der Waals surface area contributed by atoms with Gasteiger partial charge in [0.15, 0.2) is 5.82 Å². The van der Waals surface area contributed by atoms with Crippen LogP contribution in [-0.4, -0.2) is 27.1 Å². The highest BCUT2D eigenvalue weighted by atomic mass is 16.5. The standard InChI is InChI=1S/C26H21N7O5/c27-13-16-9-10-19(24(34)35)20(11-16)38-26-32-22(30-14-15-5-2-1-3-6-15)21(28)23(33-26)37-18-8-4-7-17(12-18)31-25(29)36/h1-12H,14,28H2,(H,34,35)(H3,29,31,36)(H,30,32,33). The number of carboxylic acids is 1. The van der Waals surface area contributed by atoms with E-state index in [-0.39, 0.29) is 46.0 Å².